The molecule has 4 rings (SSSR count). The summed E-state index contributed by atoms with van der Waals surface area (Å²) < 4.78 is 81.8. The van der Waals surface area contributed by atoms with Crippen LogP contribution in [0.4, 0.5) is 27.6 Å². The van der Waals surface area contributed by atoms with Crippen molar-refractivity contribution in [1.29, 1.82) is 0 Å². The van der Waals surface area contributed by atoms with Crippen LogP contribution in [0.1, 0.15) is 30.6 Å². The Morgan fingerprint density at radius 3 is 2.63 bits per heavy atom. The molecule has 2 aliphatic rings. The molecule has 1 aromatic carbocycles. The molecule has 0 aliphatic carbocycles. The number of aromatic nitrogens is 1. The number of hydrogen-bond acceptors (Lipinski definition) is 7. The Morgan fingerprint density at radius 2 is 2.03 bits per heavy atom. The SMILES string of the molecule is COc1ncc(C(=O)N[C@@H](C)C(F)(F)F)c(N2CC[C@](C)(N)C2)c1-c1cccc2c1OC(F)(F)O2. The Labute approximate surface area is 197 Å². The molecule has 0 radical (unpaired) electrons. The van der Waals surface area contributed by atoms with E-state index in [1.807, 2.05) is 5.32 Å². The van der Waals surface area contributed by atoms with Crippen molar-refractivity contribution in [3.8, 4) is 28.5 Å². The number of methoxy groups -OCH3 is 1. The Bertz CT molecular complexity index is 1160. The summed E-state index contributed by atoms with van der Waals surface area (Å²) in [6.45, 7) is 3.16. The number of hydrogen-bond donors (Lipinski definition) is 2. The molecule has 1 amide bonds. The first-order valence-electron chi connectivity index (χ1n) is 10.6. The molecule has 1 fully saturated rings. The van der Waals surface area contributed by atoms with Gasteiger partial charge in [-0.1, -0.05) is 12.1 Å². The summed E-state index contributed by atoms with van der Waals surface area (Å²) in [7, 11) is 1.28. The van der Waals surface area contributed by atoms with Crippen LogP contribution < -0.4 is 30.2 Å². The number of nitrogens with zero attached hydrogens (tertiary/aromatic N) is 2. The fourth-order valence-electron chi connectivity index (χ4n) is 4.07. The molecule has 0 saturated carbocycles. The molecule has 3 N–H and O–H groups in total. The highest BCUT2D eigenvalue weighted by molar-refractivity contribution is 6.05. The van der Waals surface area contributed by atoms with Crippen molar-refractivity contribution in [2.24, 2.45) is 5.73 Å². The first kappa shape index (κ1) is 24.8. The van der Waals surface area contributed by atoms with Gasteiger partial charge in [-0.05, 0) is 26.3 Å². The van der Waals surface area contributed by atoms with E-state index in [-0.39, 0.29) is 46.3 Å². The van der Waals surface area contributed by atoms with Gasteiger partial charge in [0.25, 0.3) is 5.91 Å². The number of anilines is 1. The Hall–Kier alpha value is -3.35. The zero-order chi connectivity index (χ0) is 25.8. The van der Waals surface area contributed by atoms with Gasteiger partial charge in [0.1, 0.15) is 6.04 Å². The predicted octanol–water partition coefficient (Wildman–Crippen LogP) is 3.69. The molecule has 0 bridgehead atoms. The van der Waals surface area contributed by atoms with Crippen LogP contribution in [-0.2, 0) is 0 Å². The number of halogens is 5. The average Bonchev–Trinajstić information content (AvgIpc) is 3.28. The highest BCUT2D eigenvalue weighted by Crippen LogP contribution is 2.52. The van der Waals surface area contributed by atoms with Crippen molar-refractivity contribution in [1.82, 2.24) is 10.3 Å². The third-order valence-corrected chi connectivity index (χ3v) is 5.81. The number of amides is 1. The minimum Gasteiger partial charge on any atom is -0.480 e. The molecule has 2 aliphatic heterocycles. The second kappa shape index (κ2) is 8.40. The maximum Gasteiger partial charge on any atom is 0.586 e. The lowest BCUT2D eigenvalue weighted by Crippen LogP contribution is -2.44. The molecular weight excluding hydrogens is 479 g/mol. The van der Waals surface area contributed by atoms with Crippen LogP contribution in [0.5, 0.6) is 17.4 Å². The zero-order valence-corrected chi connectivity index (χ0v) is 19.0. The molecule has 3 heterocycles. The average molecular weight is 502 g/mol. The largest absolute Gasteiger partial charge is 0.586 e. The lowest BCUT2D eigenvalue weighted by atomic mass is 9.99. The minimum absolute atomic E-state index is 0.0572. The van der Waals surface area contributed by atoms with Crippen molar-refractivity contribution < 1.29 is 41.0 Å². The van der Waals surface area contributed by atoms with Gasteiger partial charge in [-0.15, -0.1) is 8.78 Å². The van der Waals surface area contributed by atoms with Gasteiger partial charge in [0.2, 0.25) is 5.88 Å². The van der Waals surface area contributed by atoms with Gasteiger partial charge in [-0.2, -0.15) is 13.2 Å². The summed E-state index contributed by atoms with van der Waals surface area (Å²) in [4.78, 5) is 18.8. The number of rotatable bonds is 5. The number of fused-ring (bicyclic) bond motifs is 1. The van der Waals surface area contributed by atoms with E-state index in [0.29, 0.717) is 13.0 Å². The third-order valence-electron chi connectivity index (χ3n) is 5.81. The van der Waals surface area contributed by atoms with Gasteiger partial charge in [-0.25, -0.2) is 4.98 Å². The van der Waals surface area contributed by atoms with Gasteiger partial charge >= 0.3 is 12.5 Å². The van der Waals surface area contributed by atoms with Crippen LogP contribution in [0.2, 0.25) is 0 Å². The fraction of sp³-hybridized carbons (Fsp3) is 0.455. The topological polar surface area (TPSA) is 98.9 Å². The molecule has 0 spiro atoms. The highest BCUT2D eigenvalue weighted by Gasteiger charge is 2.46. The van der Waals surface area contributed by atoms with Crippen molar-refractivity contribution in [2.45, 2.75) is 44.3 Å². The number of nitrogens with one attached hydrogen (secondary N) is 1. The van der Waals surface area contributed by atoms with Crippen molar-refractivity contribution in [2.75, 3.05) is 25.1 Å². The molecule has 1 saturated heterocycles. The number of carbonyl (C=O) groups is 1. The maximum atomic E-state index is 13.9. The van der Waals surface area contributed by atoms with E-state index < -0.39 is 30.0 Å². The van der Waals surface area contributed by atoms with Crippen LogP contribution in [0.15, 0.2) is 24.4 Å². The van der Waals surface area contributed by atoms with Crippen LogP contribution in [0.25, 0.3) is 11.1 Å². The number of alkyl halides is 5. The highest BCUT2D eigenvalue weighted by atomic mass is 19.4. The van der Waals surface area contributed by atoms with Gasteiger partial charge in [0.05, 0.1) is 23.9 Å². The second-order valence-electron chi connectivity index (χ2n) is 8.77. The molecule has 8 nitrogen and oxygen atoms in total. The molecule has 1 aromatic heterocycles. The van der Waals surface area contributed by atoms with E-state index in [1.54, 1.807) is 11.8 Å². The van der Waals surface area contributed by atoms with Crippen molar-refractivity contribution in [3.63, 3.8) is 0 Å². The van der Waals surface area contributed by atoms with Gasteiger partial charge < -0.3 is 30.2 Å². The minimum atomic E-state index is -4.68. The van der Waals surface area contributed by atoms with E-state index in [4.69, 9.17) is 15.2 Å². The third kappa shape index (κ3) is 4.77. The predicted molar refractivity (Wildman–Crippen MR) is 115 cm³/mol. The van der Waals surface area contributed by atoms with E-state index >= 15 is 0 Å². The summed E-state index contributed by atoms with van der Waals surface area (Å²) in [6, 6.07) is 1.98. The van der Waals surface area contributed by atoms with E-state index in [9.17, 15) is 26.7 Å². The lowest BCUT2D eigenvalue weighted by molar-refractivity contribution is -0.286. The molecule has 190 valence electrons. The lowest BCUT2D eigenvalue weighted by Gasteiger charge is -2.28. The van der Waals surface area contributed by atoms with Crippen LogP contribution in [-0.4, -0.2) is 55.1 Å². The van der Waals surface area contributed by atoms with E-state index in [0.717, 1.165) is 13.1 Å². The summed E-state index contributed by atoms with van der Waals surface area (Å²) in [5.41, 5.74) is 5.66. The van der Waals surface area contributed by atoms with E-state index in [2.05, 4.69) is 9.72 Å². The smallest absolute Gasteiger partial charge is 0.480 e. The Kier molecular flexibility index (Phi) is 5.94. The molecule has 2 atom stereocenters. The van der Waals surface area contributed by atoms with Crippen LogP contribution in [0, 0.1) is 0 Å². The van der Waals surface area contributed by atoms with Gasteiger partial charge in [0.15, 0.2) is 11.5 Å². The standard InChI is InChI=1S/C22H23F5N4O4/c1-11(21(23,24)25)30-18(32)13-9-29-19(33-3)15(16(13)31-8-7-20(2,28)10-31)12-5-4-6-14-17(12)35-22(26,27)34-14/h4-6,9,11H,7-8,10,28H2,1-3H3,(H,30,32)/t11-,20-/m0/s1. The molecule has 0 unspecified atom stereocenters. The first-order valence-corrected chi connectivity index (χ1v) is 10.6. The molecule has 2 aromatic rings. The molecule has 13 heteroatoms. The second-order valence-corrected chi connectivity index (χ2v) is 8.77. The van der Waals surface area contributed by atoms with Gasteiger partial charge in [0, 0.05) is 30.4 Å². The fourth-order valence-corrected chi connectivity index (χ4v) is 4.07. The molecular formula is C22H23F5N4O4. The van der Waals surface area contributed by atoms with Crippen LogP contribution in [0.3, 0.4) is 0 Å². The molecule has 35 heavy (non-hydrogen) atoms. The number of benzene rings is 1. The first-order chi connectivity index (χ1) is 16.2. The number of pyridine rings is 1. The summed E-state index contributed by atoms with van der Waals surface area (Å²) in [5, 5.41) is 1.92. The Balaban J connectivity index is 1.93. The maximum absolute atomic E-state index is 13.9. The summed E-state index contributed by atoms with van der Waals surface area (Å²) in [5.74, 6) is -1.69. The van der Waals surface area contributed by atoms with Crippen molar-refractivity contribution >= 4 is 11.6 Å². The van der Waals surface area contributed by atoms with Crippen LogP contribution >= 0.6 is 0 Å². The van der Waals surface area contributed by atoms with E-state index in [1.165, 1.54) is 25.3 Å². The van der Waals surface area contributed by atoms with Gasteiger partial charge in [-0.3, -0.25) is 4.79 Å². The number of nitrogens with two attached hydrogens (primary N) is 1. The monoisotopic (exact) mass is 502 g/mol. The Morgan fingerprint density at radius 1 is 1.31 bits per heavy atom. The number of ether oxygens (including phenoxy) is 3. The summed E-state index contributed by atoms with van der Waals surface area (Å²) in [6.07, 6.45) is -7.03. The summed E-state index contributed by atoms with van der Waals surface area (Å²) >= 11 is 0. The number of para-hydroxylation sites is 1. The number of carbonyl (C=O) groups excluding carboxylic acids is 1. The van der Waals surface area contributed by atoms with Crippen molar-refractivity contribution in [3.05, 3.63) is 30.0 Å². The quantitative estimate of drug-likeness (QED) is 0.602. The zero-order valence-electron chi connectivity index (χ0n) is 19.0. The normalized spacial score (nSPS) is 21.7.